The fourth-order valence-corrected chi connectivity index (χ4v) is 15.7. The second kappa shape index (κ2) is 17.1. The highest BCUT2D eigenvalue weighted by Gasteiger charge is 2.79. The van der Waals surface area contributed by atoms with Crippen molar-refractivity contribution in [1.29, 1.82) is 0 Å². The molecule has 26 atom stereocenters. The van der Waals surface area contributed by atoms with Crippen molar-refractivity contribution in [1.82, 2.24) is 0 Å². The van der Waals surface area contributed by atoms with Crippen LogP contribution in [0.5, 0.6) is 0 Å². The zero-order valence-electron chi connectivity index (χ0n) is 39.5. The lowest BCUT2D eigenvalue weighted by molar-refractivity contribution is -0.374. The second-order valence-corrected chi connectivity index (χ2v) is 23.8. The van der Waals surface area contributed by atoms with Gasteiger partial charge in [-0.3, -0.25) is 0 Å². The summed E-state index contributed by atoms with van der Waals surface area (Å²) in [6.45, 7) is 14.3. The summed E-state index contributed by atoms with van der Waals surface area (Å²) in [7, 11) is 0. The second-order valence-electron chi connectivity index (χ2n) is 23.8. The van der Waals surface area contributed by atoms with E-state index in [4.69, 9.17) is 33.2 Å². The molecule has 0 unspecified atom stereocenters. The van der Waals surface area contributed by atoms with Crippen LogP contribution in [0.3, 0.4) is 0 Å². The smallest absolute Gasteiger partial charge is 0.187 e. The maximum absolute atomic E-state index is 12.2. The molecule has 9 rings (SSSR count). The van der Waals surface area contributed by atoms with Gasteiger partial charge in [-0.15, -0.1) is 0 Å². The molecule has 0 aromatic carbocycles. The van der Waals surface area contributed by atoms with Crippen LogP contribution in [0.4, 0.5) is 0 Å². The standard InChI is InChI=1S/C48H78O18/c1-22-30(52)33(55)36(58)40(62-22)66-38-32(54)24(19-60-39-35(57)34(56)31(53)23(18-49)63-39)64-41(37(38)59)65-29-10-11-43(4)25(44(29,5)20-50)8-12-45(6)26(43)9-13-48-27-16-42(2,3)14-15-47(27,21-61-48)28(51)17-46(45,48)7/h9,13,22-41,49-59H,8,10-12,14-21H2,1-7H3/t22-,23-,24-,25-,26-,27+,28-,29-,30-,31-,32-,33+,34+,35-,36-,37-,38+,39-,40-,41+,43+,44+,45-,46+,47-,48+/m1/s1. The Labute approximate surface area is 387 Å². The first-order valence-corrected chi connectivity index (χ1v) is 24.5. The maximum atomic E-state index is 12.2. The average molecular weight is 943 g/mol. The fraction of sp³-hybridized carbons (Fsp3) is 0.958. The van der Waals surface area contributed by atoms with E-state index in [1.807, 2.05) is 6.92 Å². The van der Waals surface area contributed by atoms with Crippen molar-refractivity contribution < 1.29 is 89.3 Å². The number of allylic oxidation sites excluding steroid dienone is 1. The highest BCUT2D eigenvalue weighted by Crippen LogP contribution is 2.79. The molecule has 18 nitrogen and oxygen atoms in total. The van der Waals surface area contributed by atoms with Crippen LogP contribution in [0, 0.1) is 50.2 Å². The van der Waals surface area contributed by atoms with Crippen molar-refractivity contribution in [3.05, 3.63) is 12.2 Å². The Kier molecular flexibility index (Phi) is 12.9. The molecule has 18 heteroatoms. The van der Waals surface area contributed by atoms with E-state index in [2.05, 4.69) is 46.8 Å². The van der Waals surface area contributed by atoms with Crippen molar-refractivity contribution in [2.45, 2.75) is 210 Å². The number of aliphatic hydroxyl groups excluding tert-OH is 11. The molecule has 0 aromatic rings. The Morgan fingerprint density at radius 1 is 0.636 bits per heavy atom. The van der Waals surface area contributed by atoms with Gasteiger partial charge < -0.3 is 89.3 Å². The number of rotatable bonds is 9. The Balaban J connectivity index is 0.985. The van der Waals surface area contributed by atoms with Gasteiger partial charge in [0.15, 0.2) is 18.9 Å². The number of fused-ring (bicyclic) bond motifs is 4. The normalized spacial score (nSPS) is 58.8. The van der Waals surface area contributed by atoms with Gasteiger partial charge in [0.1, 0.15) is 67.1 Å². The third-order valence-electron chi connectivity index (χ3n) is 20.0. The Hall–Kier alpha value is -0.980. The van der Waals surface area contributed by atoms with E-state index in [-0.39, 0.29) is 51.4 Å². The summed E-state index contributed by atoms with van der Waals surface area (Å²) in [5, 5.41) is 120. The molecular formula is C48H78O18. The molecule has 9 aliphatic rings. The average Bonchev–Trinajstić information content (AvgIpc) is 3.55. The van der Waals surface area contributed by atoms with Gasteiger partial charge in [-0.25, -0.2) is 0 Å². The van der Waals surface area contributed by atoms with Gasteiger partial charge in [-0.1, -0.05) is 53.7 Å². The molecule has 1 spiro atoms. The van der Waals surface area contributed by atoms with E-state index >= 15 is 0 Å². The summed E-state index contributed by atoms with van der Waals surface area (Å²) in [4.78, 5) is 0. The summed E-state index contributed by atoms with van der Waals surface area (Å²) >= 11 is 0. The molecule has 0 radical (unpaired) electrons. The highest BCUT2D eigenvalue weighted by molar-refractivity contribution is 5.36. The largest absolute Gasteiger partial charge is 0.396 e. The summed E-state index contributed by atoms with van der Waals surface area (Å²) in [6, 6.07) is 0. The van der Waals surface area contributed by atoms with Crippen molar-refractivity contribution in [3.63, 3.8) is 0 Å². The molecule has 378 valence electrons. The first-order chi connectivity index (χ1) is 30.9. The first-order valence-electron chi connectivity index (χ1n) is 24.5. The van der Waals surface area contributed by atoms with E-state index in [0.29, 0.717) is 25.9 Å². The van der Waals surface area contributed by atoms with Crippen molar-refractivity contribution >= 4 is 0 Å². The van der Waals surface area contributed by atoms with Gasteiger partial charge >= 0.3 is 0 Å². The van der Waals surface area contributed by atoms with Gasteiger partial charge in [-0.05, 0) is 86.4 Å². The number of ether oxygens (including phenoxy) is 7. The Bertz CT molecular complexity index is 1800. The van der Waals surface area contributed by atoms with Crippen molar-refractivity contribution in [2.75, 3.05) is 26.4 Å². The third kappa shape index (κ3) is 7.08. The topological polar surface area (TPSA) is 287 Å². The van der Waals surface area contributed by atoms with Gasteiger partial charge in [0.05, 0.1) is 50.3 Å². The molecule has 2 bridgehead atoms. The molecule has 0 amide bonds. The van der Waals surface area contributed by atoms with Gasteiger partial charge in [-0.2, -0.15) is 0 Å². The van der Waals surface area contributed by atoms with E-state index in [9.17, 15) is 56.2 Å². The van der Waals surface area contributed by atoms with E-state index in [1.165, 1.54) is 6.92 Å². The minimum Gasteiger partial charge on any atom is -0.396 e. The summed E-state index contributed by atoms with van der Waals surface area (Å²) in [5.74, 6) is 0.184. The zero-order chi connectivity index (χ0) is 47.9. The molecule has 11 N–H and O–H groups in total. The minimum absolute atomic E-state index is 0.0679. The van der Waals surface area contributed by atoms with Crippen molar-refractivity contribution in [3.8, 4) is 0 Å². The van der Waals surface area contributed by atoms with Gasteiger partial charge in [0.2, 0.25) is 0 Å². The van der Waals surface area contributed by atoms with Crippen LogP contribution in [-0.2, 0) is 33.2 Å². The van der Waals surface area contributed by atoms with Crippen LogP contribution in [-0.4, -0.2) is 193 Å². The predicted octanol–water partition coefficient (Wildman–Crippen LogP) is -0.399. The number of hydrogen-bond acceptors (Lipinski definition) is 18. The van der Waals surface area contributed by atoms with Crippen LogP contribution >= 0.6 is 0 Å². The molecule has 5 aliphatic carbocycles. The monoisotopic (exact) mass is 943 g/mol. The van der Waals surface area contributed by atoms with Crippen LogP contribution in [0.25, 0.3) is 0 Å². The van der Waals surface area contributed by atoms with Crippen LogP contribution in [0.15, 0.2) is 12.2 Å². The summed E-state index contributed by atoms with van der Waals surface area (Å²) in [5.41, 5.74) is -2.48. The summed E-state index contributed by atoms with van der Waals surface area (Å²) < 4.78 is 43.2. The van der Waals surface area contributed by atoms with Crippen LogP contribution in [0.2, 0.25) is 0 Å². The summed E-state index contributed by atoms with van der Waals surface area (Å²) in [6.07, 6.45) is -13.6. The lowest BCUT2D eigenvalue weighted by Crippen LogP contribution is -2.72. The zero-order valence-corrected chi connectivity index (χ0v) is 39.5. The molecule has 8 fully saturated rings. The molecule has 4 saturated carbocycles. The number of aliphatic hydroxyl groups is 11. The van der Waals surface area contributed by atoms with Crippen LogP contribution < -0.4 is 0 Å². The number of hydrogen-bond donors (Lipinski definition) is 11. The maximum Gasteiger partial charge on any atom is 0.187 e. The molecule has 4 heterocycles. The minimum atomic E-state index is -1.78. The molecule has 4 aliphatic heterocycles. The van der Waals surface area contributed by atoms with E-state index in [1.54, 1.807) is 0 Å². The predicted molar refractivity (Wildman–Crippen MR) is 229 cm³/mol. The van der Waals surface area contributed by atoms with E-state index < -0.39 is 129 Å². The fourth-order valence-electron chi connectivity index (χ4n) is 15.7. The molecular weight excluding hydrogens is 865 g/mol. The highest BCUT2D eigenvalue weighted by atomic mass is 16.7. The molecule has 4 saturated heterocycles. The first kappa shape index (κ1) is 50.0. The van der Waals surface area contributed by atoms with Crippen molar-refractivity contribution in [2.24, 2.45) is 50.2 Å². The Morgan fingerprint density at radius 2 is 1.30 bits per heavy atom. The van der Waals surface area contributed by atoms with Crippen LogP contribution in [0.1, 0.15) is 99.8 Å². The Morgan fingerprint density at radius 3 is 2.00 bits per heavy atom. The third-order valence-corrected chi connectivity index (χ3v) is 20.0. The van der Waals surface area contributed by atoms with E-state index in [0.717, 1.165) is 32.1 Å². The SMILES string of the molecule is C[C@H]1O[C@H](O[C@@H]2[C@@H](O)[C@H](O[C@@H]3CC[C@@]4(C)[C@@H](CC[C@]5(C)[C@@H]4C=C[C@]46OC[C@@]7(CCC(C)(C)C[C@@H]74)[C@H](O)C[C@]65C)[C@]3(C)CO)O[C@H](CO[C@@H]3O[C@H](CO)[C@@H](O)[C@H](O)[C@H]3O)[C@H]2O)[C@H](O)[C@@H](O)[C@@H]1O. The lowest BCUT2D eigenvalue weighted by Gasteiger charge is -2.73. The molecule has 66 heavy (non-hydrogen) atoms. The molecule has 0 aromatic heterocycles. The lowest BCUT2D eigenvalue weighted by atomic mass is 9.32. The van der Waals surface area contributed by atoms with Gasteiger partial charge in [0, 0.05) is 22.2 Å². The van der Waals surface area contributed by atoms with Gasteiger partial charge in [0.25, 0.3) is 0 Å². The quantitative estimate of drug-likeness (QED) is 0.104.